The summed E-state index contributed by atoms with van der Waals surface area (Å²) in [6, 6.07) is 8.25. The van der Waals surface area contributed by atoms with Crippen molar-refractivity contribution in [3.05, 3.63) is 35.9 Å². The highest BCUT2D eigenvalue weighted by Gasteiger charge is 2.91. The van der Waals surface area contributed by atoms with Crippen LogP contribution in [0, 0.1) is 34.5 Å². The van der Waals surface area contributed by atoms with E-state index in [1.807, 2.05) is 0 Å². The third-order valence-electron chi connectivity index (χ3n) is 12.9. The summed E-state index contributed by atoms with van der Waals surface area (Å²) >= 11 is 0. The molecule has 7 rings (SSSR count). The van der Waals surface area contributed by atoms with E-state index in [1.165, 1.54) is 7.11 Å². The average Bonchev–Trinajstić information content (AvgIpc) is 3.39. The number of hydrogen-bond acceptors (Lipinski definition) is 11. The molecule has 5 saturated carbocycles. The van der Waals surface area contributed by atoms with Crippen LogP contribution < -0.4 is 0 Å². The van der Waals surface area contributed by atoms with Crippen molar-refractivity contribution in [3.63, 3.8) is 0 Å². The van der Waals surface area contributed by atoms with Crippen molar-refractivity contribution in [3.8, 4) is 0 Å². The van der Waals surface area contributed by atoms with Gasteiger partial charge >= 0.3 is 5.97 Å². The van der Waals surface area contributed by atoms with Crippen LogP contribution in [0.5, 0.6) is 0 Å². The maximum Gasteiger partial charge on any atom is 0.338 e. The smallest absolute Gasteiger partial charge is 0.338 e. The van der Waals surface area contributed by atoms with Crippen LogP contribution in [0.25, 0.3) is 0 Å². The maximum absolute atomic E-state index is 13.6. The first kappa shape index (κ1) is 30.0. The fraction of sp³-hybridized carbons (Fsp3) is 0.781. The summed E-state index contributed by atoms with van der Waals surface area (Å²) in [5, 5.41) is 49.7. The van der Waals surface area contributed by atoms with Crippen molar-refractivity contribution in [1.82, 2.24) is 4.90 Å². The Labute approximate surface area is 252 Å². The number of aliphatic hydroxyl groups is 4. The summed E-state index contributed by atoms with van der Waals surface area (Å²) < 4.78 is 30.5. The van der Waals surface area contributed by atoms with Crippen LogP contribution in [0.3, 0.4) is 0 Å². The number of carbonyl (C=O) groups is 1. The van der Waals surface area contributed by atoms with Crippen molar-refractivity contribution in [2.24, 2.45) is 34.5 Å². The van der Waals surface area contributed by atoms with Gasteiger partial charge in [0.25, 0.3) is 0 Å². The first-order valence-corrected chi connectivity index (χ1v) is 15.5. The van der Waals surface area contributed by atoms with Crippen molar-refractivity contribution < 1.29 is 48.9 Å². The monoisotopic (exact) mass is 603 g/mol. The summed E-state index contributed by atoms with van der Waals surface area (Å²) in [4.78, 5) is 15.8. The number of ether oxygens (including phenoxy) is 5. The number of hydrogen-bond donors (Lipinski definition) is 4. The molecule has 15 atom stereocenters. The summed E-state index contributed by atoms with van der Waals surface area (Å²) in [7, 11) is 6.29. The number of fused-ring (bicyclic) bond motifs is 2. The molecule has 1 spiro atoms. The van der Waals surface area contributed by atoms with E-state index >= 15 is 0 Å². The van der Waals surface area contributed by atoms with Crippen molar-refractivity contribution in [1.29, 1.82) is 0 Å². The van der Waals surface area contributed by atoms with E-state index in [2.05, 4.69) is 11.8 Å². The number of nitrogens with zero attached hydrogens (tertiary/aromatic N) is 1. The largest absolute Gasteiger partial charge is 0.455 e. The van der Waals surface area contributed by atoms with Crippen LogP contribution in [0.4, 0.5) is 0 Å². The van der Waals surface area contributed by atoms with Crippen molar-refractivity contribution >= 4 is 5.97 Å². The Morgan fingerprint density at radius 2 is 1.72 bits per heavy atom. The zero-order valence-electron chi connectivity index (χ0n) is 25.5. The molecule has 6 fully saturated rings. The third-order valence-corrected chi connectivity index (χ3v) is 12.9. The van der Waals surface area contributed by atoms with E-state index in [9.17, 15) is 25.2 Å². The highest BCUT2D eigenvalue weighted by atomic mass is 16.6. The van der Waals surface area contributed by atoms with E-state index < -0.39 is 82.4 Å². The van der Waals surface area contributed by atoms with Gasteiger partial charge in [0.1, 0.15) is 29.5 Å². The molecule has 0 aromatic heterocycles. The van der Waals surface area contributed by atoms with Crippen LogP contribution in [-0.2, 0) is 23.7 Å². The van der Waals surface area contributed by atoms with Crippen LogP contribution >= 0.6 is 0 Å². The Hall–Kier alpha value is -1.67. The number of benzene rings is 1. The number of aliphatic hydroxyl groups excluding tert-OH is 2. The molecule has 43 heavy (non-hydrogen) atoms. The first-order chi connectivity index (χ1) is 20.6. The Balaban J connectivity index is 1.48. The predicted octanol–water partition coefficient (Wildman–Crippen LogP) is 0.0773. The molecule has 1 saturated heterocycles. The van der Waals surface area contributed by atoms with Crippen molar-refractivity contribution in [2.45, 2.75) is 73.6 Å². The van der Waals surface area contributed by atoms with E-state index in [4.69, 9.17) is 23.7 Å². The molecule has 6 aliphatic rings. The quantitative estimate of drug-likeness (QED) is 0.300. The fourth-order valence-corrected chi connectivity index (χ4v) is 11.9. The lowest BCUT2D eigenvalue weighted by Gasteiger charge is -2.70. The third kappa shape index (κ3) is 3.28. The van der Waals surface area contributed by atoms with Gasteiger partial charge in [-0.15, -0.1) is 0 Å². The SMILES string of the molecule is CCN1CC2(COC)C(O)CC(OC)C34[C@@H]5C[C@]6(O)C(OC(=O)c7ccccc7)[C@@H]5[C@@](O)(C(C(OC)[C@H]23)[C@@H]14)C(O)[C@@H]6OC. The predicted molar refractivity (Wildman–Crippen MR) is 151 cm³/mol. The first-order valence-electron chi connectivity index (χ1n) is 15.5. The summed E-state index contributed by atoms with van der Waals surface area (Å²) in [6.07, 6.45) is -5.27. The fourth-order valence-electron chi connectivity index (χ4n) is 11.9. The molecule has 1 aromatic rings. The summed E-state index contributed by atoms with van der Waals surface area (Å²) in [5.41, 5.74) is -4.81. The Kier molecular flexibility index (Phi) is 6.92. The average molecular weight is 604 g/mol. The number of esters is 1. The molecule has 0 amide bonds. The molecule has 238 valence electrons. The Morgan fingerprint density at radius 1 is 1.00 bits per heavy atom. The number of methoxy groups -OCH3 is 4. The maximum atomic E-state index is 13.6. The lowest BCUT2D eigenvalue weighted by atomic mass is 9.42. The van der Waals surface area contributed by atoms with E-state index in [-0.39, 0.29) is 25.0 Å². The minimum atomic E-state index is -1.86. The second kappa shape index (κ2) is 9.91. The van der Waals surface area contributed by atoms with Crippen LogP contribution in [-0.4, -0.2) is 133 Å². The molecule has 1 aliphatic heterocycles. The van der Waals surface area contributed by atoms with Gasteiger partial charge in [-0.3, -0.25) is 4.90 Å². The number of rotatable bonds is 8. The highest BCUT2D eigenvalue weighted by Crippen LogP contribution is 2.80. The Bertz CT molecular complexity index is 1250. The van der Waals surface area contributed by atoms with Gasteiger partial charge in [-0.05, 0) is 31.0 Å². The minimum absolute atomic E-state index is 0.106. The van der Waals surface area contributed by atoms with E-state index in [1.54, 1.807) is 51.7 Å². The van der Waals surface area contributed by atoms with Crippen LogP contribution in [0.15, 0.2) is 30.3 Å². The molecule has 5 aliphatic carbocycles. The molecular formula is C32H45NO10. The van der Waals surface area contributed by atoms with Gasteiger partial charge in [-0.2, -0.15) is 0 Å². The van der Waals surface area contributed by atoms with Crippen LogP contribution in [0.2, 0.25) is 0 Å². The number of carbonyl (C=O) groups excluding carboxylic acids is 1. The second-order valence-electron chi connectivity index (χ2n) is 13.9. The molecule has 1 heterocycles. The topological polar surface area (TPSA) is 147 Å². The molecular weight excluding hydrogens is 558 g/mol. The Morgan fingerprint density at radius 3 is 2.33 bits per heavy atom. The lowest BCUT2D eigenvalue weighted by Crippen LogP contribution is -2.81. The summed E-state index contributed by atoms with van der Waals surface area (Å²) in [6.45, 7) is 3.46. The highest BCUT2D eigenvalue weighted by molar-refractivity contribution is 5.89. The molecule has 8 unspecified atom stereocenters. The van der Waals surface area contributed by atoms with Crippen LogP contribution in [0.1, 0.15) is 30.1 Å². The normalized spacial score (nSPS) is 52.7. The molecule has 4 N–H and O–H groups in total. The number of piperidine rings is 1. The van der Waals surface area contributed by atoms with Gasteiger partial charge in [0, 0.05) is 76.0 Å². The summed E-state index contributed by atoms with van der Waals surface area (Å²) in [5.74, 6) is -2.94. The van der Waals surface area contributed by atoms with Gasteiger partial charge in [-0.1, -0.05) is 25.1 Å². The molecule has 0 radical (unpaired) electrons. The van der Waals surface area contributed by atoms with E-state index in [0.29, 0.717) is 25.1 Å². The molecule has 7 bridgehead atoms. The molecule has 1 aromatic carbocycles. The van der Waals surface area contributed by atoms with Gasteiger partial charge in [0.15, 0.2) is 0 Å². The second-order valence-corrected chi connectivity index (χ2v) is 13.9. The number of likely N-dealkylation sites (tertiary alicyclic amines) is 1. The zero-order chi connectivity index (χ0) is 30.7. The van der Waals surface area contributed by atoms with Gasteiger partial charge < -0.3 is 44.1 Å². The molecule has 11 heteroatoms. The lowest BCUT2D eigenvalue weighted by molar-refractivity contribution is -0.320. The van der Waals surface area contributed by atoms with Crippen molar-refractivity contribution in [2.75, 3.05) is 48.1 Å². The molecule has 11 nitrogen and oxygen atoms in total. The van der Waals surface area contributed by atoms with E-state index in [0.717, 1.165) is 0 Å². The zero-order valence-corrected chi connectivity index (χ0v) is 25.5. The van der Waals surface area contributed by atoms with Gasteiger partial charge in [-0.25, -0.2) is 4.79 Å². The minimum Gasteiger partial charge on any atom is -0.455 e. The van der Waals surface area contributed by atoms with Gasteiger partial charge in [0.2, 0.25) is 0 Å². The standard InChI is InChI=1S/C32H45NO10/c1-6-33-14-29(15-39-2)18(34)12-19(40-3)31-17-13-30(37)26(43-28(36)16-10-8-7-9-11-16)20(17)32(38,25(35)27(30)42-5)21(24(31)33)22(41-4)23(29)31/h7-11,17-27,34-35,37-38H,6,12-15H2,1-5H3/t17-,18?,19?,20-,21?,22?,23-,24-,25?,26?,27+,29?,30+,31?,32-/m1/s1. The van der Waals surface area contributed by atoms with Gasteiger partial charge in [0.05, 0.1) is 30.5 Å².